The molecule has 0 aliphatic heterocycles. The number of carbonyl (C=O) groups excluding carboxylic acids is 1. The number of carbonyl (C=O) groups is 1. The highest BCUT2D eigenvalue weighted by Crippen LogP contribution is 2.25. The van der Waals surface area contributed by atoms with Crippen LogP contribution in [-0.4, -0.2) is 10.9 Å². The van der Waals surface area contributed by atoms with E-state index in [1.807, 2.05) is 50.2 Å². The van der Waals surface area contributed by atoms with Crippen LogP contribution < -0.4 is 5.32 Å². The van der Waals surface area contributed by atoms with Crippen molar-refractivity contribution in [2.45, 2.75) is 40.2 Å². The summed E-state index contributed by atoms with van der Waals surface area (Å²) in [5, 5.41) is 3.10. The lowest BCUT2D eigenvalue weighted by atomic mass is 10.0. The Balaban J connectivity index is 1.89. The highest BCUT2D eigenvalue weighted by Gasteiger charge is 2.22. The molecule has 1 atom stereocenters. The number of para-hydroxylation sites is 2. The van der Waals surface area contributed by atoms with Gasteiger partial charge in [0.15, 0.2) is 5.58 Å². The quantitative estimate of drug-likeness (QED) is 0.716. The fraction of sp³-hybridized carbons (Fsp3) is 0.333. The molecule has 25 heavy (non-hydrogen) atoms. The molecule has 130 valence electrons. The Morgan fingerprint density at radius 1 is 1.12 bits per heavy atom. The molecular formula is C21H24N2O2. The summed E-state index contributed by atoms with van der Waals surface area (Å²) >= 11 is 0. The molecule has 0 unspecified atom stereocenters. The van der Waals surface area contributed by atoms with Crippen molar-refractivity contribution >= 4 is 17.0 Å². The maximum atomic E-state index is 12.7. The van der Waals surface area contributed by atoms with E-state index in [2.05, 4.69) is 30.2 Å². The molecule has 1 N–H and O–H groups in total. The number of rotatable bonds is 5. The number of hydrogen-bond acceptors (Lipinski definition) is 3. The SMILES string of the molecule is Cc1cc(C)cc(C(=O)N[C@@H](CC(C)C)c2nc3ccccc3o2)c1. The lowest BCUT2D eigenvalue weighted by molar-refractivity contribution is 0.0924. The summed E-state index contributed by atoms with van der Waals surface area (Å²) in [5.74, 6) is 0.867. The minimum atomic E-state index is -0.249. The topological polar surface area (TPSA) is 55.1 Å². The van der Waals surface area contributed by atoms with Crippen molar-refractivity contribution < 1.29 is 9.21 Å². The summed E-state index contributed by atoms with van der Waals surface area (Å²) in [7, 11) is 0. The number of aromatic nitrogens is 1. The van der Waals surface area contributed by atoms with Crippen molar-refractivity contribution in [3.8, 4) is 0 Å². The molecule has 4 nitrogen and oxygen atoms in total. The summed E-state index contributed by atoms with van der Waals surface area (Å²) in [5.41, 5.74) is 4.38. The number of nitrogens with zero attached hydrogens (tertiary/aromatic N) is 1. The second kappa shape index (κ2) is 7.09. The van der Waals surface area contributed by atoms with E-state index in [-0.39, 0.29) is 11.9 Å². The van der Waals surface area contributed by atoms with Crippen molar-refractivity contribution in [3.05, 3.63) is 65.0 Å². The van der Waals surface area contributed by atoms with Crippen LogP contribution in [0.3, 0.4) is 0 Å². The second-order valence-corrected chi connectivity index (χ2v) is 7.05. The van der Waals surface area contributed by atoms with Crippen LogP contribution in [0.5, 0.6) is 0 Å². The number of benzene rings is 2. The van der Waals surface area contributed by atoms with Crippen LogP contribution in [0.2, 0.25) is 0 Å². The summed E-state index contributed by atoms with van der Waals surface area (Å²) in [6.07, 6.45) is 0.767. The van der Waals surface area contributed by atoms with E-state index < -0.39 is 0 Å². The van der Waals surface area contributed by atoms with E-state index in [1.54, 1.807) is 0 Å². The molecule has 1 amide bonds. The van der Waals surface area contributed by atoms with Gasteiger partial charge < -0.3 is 9.73 Å². The molecule has 1 aromatic heterocycles. The summed E-state index contributed by atoms with van der Waals surface area (Å²) in [6.45, 7) is 8.24. The average Bonchev–Trinajstić information content (AvgIpc) is 2.96. The Morgan fingerprint density at radius 2 is 1.80 bits per heavy atom. The zero-order chi connectivity index (χ0) is 18.0. The largest absolute Gasteiger partial charge is 0.438 e. The number of fused-ring (bicyclic) bond motifs is 1. The predicted octanol–water partition coefficient (Wildman–Crippen LogP) is 4.96. The highest BCUT2D eigenvalue weighted by atomic mass is 16.3. The standard InChI is InChI=1S/C21H24N2O2/c1-13(2)9-18(21-23-17-7-5-6-8-19(17)25-21)22-20(24)16-11-14(3)10-15(4)12-16/h5-8,10-13,18H,9H2,1-4H3,(H,22,24)/t18-/m0/s1. The van der Waals surface area contributed by atoms with Gasteiger partial charge >= 0.3 is 0 Å². The van der Waals surface area contributed by atoms with Gasteiger partial charge in [-0.2, -0.15) is 0 Å². The fourth-order valence-electron chi connectivity index (χ4n) is 3.08. The van der Waals surface area contributed by atoms with Crippen LogP contribution in [0.25, 0.3) is 11.1 Å². The van der Waals surface area contributed by atoms with Gasteiger partial charge in [0.25, 0.3) is 5.91 Å². The first-order valence-corrected chi connectivity index (χ1v) is 8.67. The van der Waals surface area contributed by atoms with Gasteiger partial charge in [-0.05, 0) is 50.5 Å². The third kappa shape index (κ3) is 4.08. The van der Waals surface area contributed by atoms with Crippen molar-refractivity contribution in [3.63, 3.8) is 0 Å². The molecule has 0 aliphatic carbocycles. The van der Waals surface area contributed by atoms with E-state index >= 15 is 0 Å². The molecule has 3 aromatic rings. The molecular weight excluding hydrogens is 312 g/mol. The molecule has 0 radical (unpaired) electrons. The van der Waals surface area contributed by atoms with Crippen molar-refractivity contribution in [1.29, 1.82) is 0 Å². The third-order valence-electron chi connectivity index (χ3n) is 4.10. The molecule has 0 saturated carbocycles. The Labute approximate surface area is 148 Å². The molecule has 0 spiro atoms. The van der Waals surface area contributed by atoms with Crippen LogP contribution in [-0.2, 0) is 0 Å². The van der Waals surface area contributed by atoms with Gasteiger partial charge in [-0.3, -0.25) is 4.79 Å². The highest BCUT2D eigenvalue weighted by molar-refractivity contribution is 5.94. The summed E-state index contributed by atoms with van der Waals surface area (Å²) in [6, 6.07) is 13.3. The van der Waals surface area contributed by atoms with E-state index in [9.17, 15) is 4.79 Å². The van der Waals surface area contributed by atoms with E-state index in [0.717, 1.165) is 28.6 Å². The Morgan fingerprint density at radius 3 is 2.44 bits per heavy atom. The smallest absolute Gasteiger partial charge is 0.251 e. The van der Waals surface area contributed by atoms with E-state index in [0.29, 0.717) is 17.4 Å². The monoisotopic (exact) mass is 336 g/mol. The van der Waals surface area contributed by atoms with Gasteiger partial charge in [0.2, 0.25) is 5.89 Å². The number of oxazole rings is 1. The normalized spacial score (nSPS) is 12.5. The van der Waals surface area contributed by atoms with E-state index in [4.69, 9.17) is 4.42 Å². The third-order valence-corrected chi connectivity index (χ3v) is 4.10. The molecule has 3 rings (SSSR count). The van der Waals surface area contributed by atoms with Gasteiger partial charge in [0.1, 0.15) is 11.6 Å². The van der Waals surface area contributed by atoms with Crippen molar-refractivity contribution in [2.75, 3.05) is 0 Å². The van der Waals surface area contributed by atoms with Crippen LogP contribution in [0.15, 0.2) is 46.9 Å². The Bertz CT molecular complexity index is 843. The first-order chi connectivity index (χ1) is 11.9. The minimum Gasteiger partial charge on any atom is -0.438 e. The fourth-order valence-corrected chi connectivity index (χ4v) is 3.08. The minimum absolute atomic E-state index is 0.0975. The maximum Gasteiger partial charge on any atom is 0.251 e. The van der Waals surface area contributed by atoms with Gasteiger partial charge in [0, 0.05) is 5.56 Å². The Kier molecular flexibility index (Phi) is 4.88. The summed E-state index contributed by atoms with van der Waals surface area (Å²) < 4.78 is 5.89. The van der Waals surface area contributed by atoms with Gasteiger partial charge in [-0.1, -0.05) is 43.2 Å². The number of hydrogen-bond donors (Lipinski definition) is 1. The molecule has 4 heteroatoms. The van der Waals surface area contributed by atoms with Crippen molar-refractivity contribution in [1.82, 2.24) is 10.3 Å². The lowest BCUT2D eigenvalue weighted by Crippen LogP contribution is -2.29. The predicted molar refractivity (Wildman–Crippen MR) is 99.6 cm³/mol. The van der Waals surface area contributed by atoms with Gasteiger partial charge in [-0.15, -0.1) is 0 Å². The maximum absolute atomic E-state index is 12.7. The van der Waals surface area contributed by atoms with Gasteiger partial charge in [0.05, 0.1) is 0 Å². The van der Waals surface area contributed by atoms with E-state index in [1.165, 1.54) is 0 Å². The van der Waals surface area contributed by atoms with Gasteiger partial charge in [-0.25, -0.2) is 4.98 Å². The second-order valence-electron chi connectivity index (χ2n) is 7.05. The Hall–Kier alpha value is -2.62. The van der Waals surface area contributed by atoms with Crippen LogP contribution >= 0.6 is 0 Å². The molecule has 0 bridgehead atoms. The summed E-state index contributed by atoms with van der Waals surface area (Å²) in [4.78, 5) is 17.3. The first kappa shape index (κ1) is 17.2. The zero-order valence-electron chi connectivity index (χ0n) is 15.2. The molecule has 0 aliphatic rings. The first-order valence-electron chi connectivity index (χ1n) is 8.67. The zero-order valence-corrected chi connectivity index (χ0v) is 15.2. The molecule has 2 aromatic carbocycles. The van der Waals surface area contributed by atoms with Crippen LogP contribution in [0, 0.1) is 19.8 Å². The molecule has 0 saturated heterocycles. The number of amides is 1. The van der Waals surface area contributed by atoms with Crippen LogP contribution in [0.1, 0.15) is 53.7 Å². The number of aryl methyl sites for hydroxylation is 2. The average molecular weight is 336 g/mol. The number of nitrogens with one attached hydrogen (secondary N) is 1. The molecule has 1 heterocycles. The lowest BCUT2D eigenvalue weighted by Gasteiger charge is -2.18. The van der Waals surface area contributed by atoms with Crippen molar-refractivity contribution in [2.24, 2.45) is 5.92 Å². The molecule has 0 fully saturated rings. The van der Waals surface area contributed by atoms with Crippen LogP contribution in [0.4, 0.5) is 0 Å².